The Kier molecular flexibility index (Phi) is 18.3. The number of nitrogens with zero attached hydrogens (tertiary/aromatic N) is 2. The molecule has 0 heterocycles. The maximum absolute atomic E-state index is 13.9. The first-order valence-corrected chi connectivity index (χ1v) is 11.7. The van der Waals surface area contributed by atoms with Crippen molar-refractivity contribution in [1.29, 1.82) is 0 Å². The van der Waals surface area contributed by atoms with Crippen LogP contribution in [0.4, 0.5) is 18.6 Å². The van der Waals surface area contributed by atoms with E-state index >= 15 is 0 Å². The van der Waals surface area contributed by atoms with Crippen molar-refractivity contribution in [3.05, 3.63) is 128 Å². The molecule has 3 rings (SSSR count). The standard InChI is InChI=1S/C17H17BF3N2O4S.C5H5.2CO.Fe/c1-3-5-17(14-6-4-7-15(12-14)23(24)25)22(18(19,20)21)28(26,27)16-10-8-13(2)9-11-16;1-2-4-5-3-1;2*1-2;/h3-4,6-12,17H,1,5H2,2H3;1-5H;;;/q-1;;;;+2. The first-order valence-electron chi connectivity index (χ1n) is 10.2. The van der Waals surface area contributed by atoms with Gasteiger partial charge in [-0.15, -0.1) is 6.58 Å². The predicted molar refractivity (Wildman–Crippen MR) is 129 cm³/mol. The molecule has 1 atom stereocenters. The molecule has 1 aliphatic rings. The van der Waals surface area contributed by atoms with Crippen LogP contribution in [0.3, 0.4) is 0 Å². The van der Waals surface area contributed by atoms with E-state index in [1.807, 2.05) is 32.1 Å². The van der Waals surface area contributed by atoms with Crippen molar-refractivity contribution in [2.45, 2.75) is 24.3 Å². The Morgan fingerprint density at radius 1 is 1.03 bits per heavy atom. The minimum atomic E-state index is -6.01. The number of benzene rings is 2. The zero-order valence-electron chi connectivity index (χ0n) is 19.9. The van der Waals surface area contributed by atoms with Crippen LogP contribution in [0.1, 0.15) is 23.6 Å². The van der Waals surface area contributed by atoms with E-state index in [4.69, 9.17) is 9.30 Å². The van der Waals surface area contributed by atoms with Gasteiger partial charge >= 0.3 is 46.8 Å². The summed E-state index contributed by atoms with van der Waals surface area (Å²) in [4.78, 5) is 9.71. The zero-order chi connectivity index (χ0) is 28.6. The minimum absolute atomic E-state index is 0. The molecule has 1 fully saturated rings. The molecular formula is C24H22BF3FeN2O6S+. The fourth-order valence-electron chi connectivity index (χ4n) is 3.07. The molecule has 1 unspecified atom stereocenters. The van der Waals surface area contributed by atoms with Crippen molar-refractivity contribution in [3.8, 4) is 0 Å². The number of sulfonamides is 1. The zero-order valence-corrected chi connectivity index (χ0v) is 21.8. The third-order valence-corrected chi connectivity index (χ3v) is 6.52. The fraction of sp³-hybridized carbons (Fsp3) is 0.125. The summed E-state index contributed by atoms with van der Waals surface area (Å²) >= 11 is 0. The van der Waals surface area contributed by atoms with E-state index in [0.29, 0.717) is 5.56 Å². The van der Waals surface area contributed by atoms with Gasteiger partial charge in [0.2, 0.25) is 10.0 Å². The maximum atomic E-state index is 13.9. The summed E-state index contributed by atoms with van der Waals surface area (Å²) < 4.78 is 82.0. The van der Waals surface area contributed by atoms with Crippen LogP contribution >= 0.6 is 0 Å². The molecule has 0 N–H and O–H groups in total. The average Bonchev–Trinajstić information content (AvgIpc) is 3.46. The third kappa shape index (κ3) is 11.4. The molecule has 1 aliphatic carbocycles. The van der Waals surface area contributed by atoms with Gasteiger partial charge in [-0.25, -0.2) is 8.42 Å². The molecule has 0 saturated heterocycles. The van der Waals surface area contributed by atoms with Gasteiger partial charge in [0, 0.05) is 18.2 Å². The van der Waals surface area contributed by atoms with Gasteiger partial charge in [0.05, 0.1) is 9.82 Å². The van der Waals surface area contributed by atoms with Crippen LogP contribution in [0.25, 0.3) is 0 Å². The summed E-state index contributed by atoms with van der Waals surface area (Å²) in [7, 11) is -11.0. The van der Waals surface area contributed by atoms with E-state index < -0.39 is 42.9 Å². The summed E-state index contributed by atoms with van der Waals surface area (Å²) in [6.45, 7) is 14.1. The molecule has 2 aromatic carbocycles. The summed E-state index contributed by atoms with van der Waals surface area (Å²) in [5.41, 5.74) is 0.0993. The number of nitro groups is 1. The number of halogens is 3. The topological polar surface area (TPSA) is 120 Å². The Hall–Kier alpha value is -2.66. The normalized spacial score (nSPS) is 13.1. The largest absolute Gasteiger partial charge is 2.00 e. The van der Waals surface area contributed by atoms with E-state index in [-0.39, 0.29) is 29.1 Å². The molecule has 0 aromatic heterocycles. The Bertz CT molecular complexity index is 1140. The SMILES string of the molecule is C=CCC(c1cccc([N+](=O)[O-])c1)N([B-](F)(F)F)S(=O)(=O)c1ccc(C)cc1.[C-]#[O+].[C-]#[O+].[CH]1[CH][CH][CH][CH]1.[Fe+2]. The van der Waals surface area contributed by atoms with Gasteiger partial charge in [0.1, 0.15) is 0 Å². The molecule has 0 spiro atoms. The van der Waals surface area contributed by atoms with Crippen molar-refractivity contribution in [3.63, 3.8) is 0 Å². The van der Waals surface area contributed by atoms with Crippen LogP contribution in [0.2, 0.25) is 0 Å². The van der Waals surface area contributed by atoms with E-state index in [9.17, 15) is 31.5 Å². The third-order valence-electron chi connectivity index (χ3n) is 4.60. The molecule has 5 radical (unpaired) electrons. The Morgan fingerprint density at radius 2 is 1.50 bits per heavy atom. The average molecular weight is 590 g/mol. The number of non-ortho nitro benzene ring substituents is 1. The summed E-state index contributed by atoms with van der Waals surface area (Å²) in [6.07, 6.45) is 10.8. The summed E-state index contributed by atoms with van der Waals surface area (Å²) in [5, 5.41) is 11.0. The van der Waals surface area contributed by atoms with Crippen LogP contribution in [0.5, 0.6) is 0 Å². The van der Waals surface area contributed by atoms with Crippen molar-refractivity contribution in [2.24, 2.45) is 0 Å². The van der Waals surface area contributed by atoms with E-state index in [1.165, 1.54) is 24.3 Å². The van der Waals surface area contributed by atoms with Crippen molar-refractivity contribution < 1.29 is 52.7 Å². The fourth-order valence-corrected chi connectivity index (χ4v) is 4.65. The maximum Gasteiger partial charge on any atom is 2.00 e. The monoisotopic (exact) mass is 590 g/mol. The van der Waals surface area contributed by atoms with Gasteiger partial charge < -0.3 is 12.9 Å². The molecule has 0 bridgehead atoms. The predicted octanol–water partition coefficient (Wildman–Crippen LogP) is 5.50. The van der Waals surface area contributed by atoms with Crippen molar-refractivity contribution >= 4 is 22.8 Å². The molecule has 201 valence electrons. The molecule has 2 aromatic rings. The Balaban J connectivity index is 0. The quantitative estimate of drug-likeness (QED) is 0.101. The van der Waals surface area contributed by atoms with Gasteiger partial charge in [-0.2, -0.15) is 0 Å². The molecule has 8 nitrogen and oxygen atoms in total. The van der Waals surface area contributed by atoms with Crippen LogP contribution in [-0.4, -0.2) is 24.7 Å². The minimum Gasteiger partial charge on any atom is -0.0312 e. The Morgan fingerprint density at radius 3 is 1.89 bits per heavy atom. The second-order valence-corrected chi connectivity index (χ2v) is 8.89. The van der Waals surface area contributed by atoms with Crippen molar-refractivity contribution in [1.82, 2.24) is 4.22 Å². The van der Waals surface area contributed by atoms with E-state index in [0.717, 1.165) is 30.3 Å². The van der Waals surface area contributed by atoms with Gasteiger partial charge in [-0.05, 0) is 63.1 Å². The first-order chi connectivity index (χ1) is 17.5. The smallest absolute Gasteiger partial charge is 0.0312 e. The van der Waals surface area contributed by atoms with Gasteiger partial charge in [0.15, 0.2) is 0 Å². The Labute approximate surface area is 231 Å². The number of hydrogen-bond donors (Lipinski definition) is 0. The summed E-state index contributed by atoms with van der Waals surface area (Å²) in [5.74, 6) is 0. The first kappa shape index (κ1) is 37.5. The molecular weight excluding hydrogens is 568 g/mol. The van der Waals surface area contributed by atoms with Crippen LogP contribution in [0, 0.1) is 62.4 Å². The summed E-state index contributed by atoms with van der Waals surface area (Å²) in [6, 6.07) is 7.75. The number of nitro benzene ring substituents is 1. The molecule has 14 heteroatoms. The van der Waals surface area contributed by atoms with Gasteiger partial charge in [-0.3, -0.25) is 14.3 Å². The number of hydrogen-bond acceptors (Lipinski definition) is 4. The van der Waals surface area contributed by atoms with E-state index in [2.05, 4.69) is 19.9 Å². The molecule has 38 heavy (non-hydrogen) atoms. The van der Waals surface area contributed by atoms with Crippen LogP contribution in [0.15, 0.2) is 66.1 Å². The second-order valence-electron chi connectivity index (χ2n) is 7.04. The molecule has 0 aliphatic heterocycles. The number of rotatable bonds is 8. The van der Waals surface area contributed by atoms with Gasteiger partial charge in [-0.1, -0.05) is 35.9 Å². The van der Waals surface area contributed by atoms with E-state index in [1.54, 1.807) is 6.92 Å². The second kappa shape index (κ2) is 18.6. The molecule has 1 saturated carbocycles. The van der Waals surface area contributed by atoms with Crippen molar-refractivity contribution in [2.75, 3.05) is 0 Å². The number of aryl methyl sites for hydroxylation is 1. The molecule has 0 amide bonds. The van der Waals surface area contributed by atoms with Crippen LogP contribution < -0.4 is 0 Å². The van der Waals surface area contributed by atoms with Crippen LogP contribution in [-0.2, 0) is 36.4 Å². The van der Waals surface area contributed by atoms with Gasteiger partial charge in [0.25, 0.3) is 5.69 Å².